The van der Waals surface area contributed by atoms with E-state index >= 15 is 0 Å². The van der Waals surface area contributed by atoms with Gasteiger partial charge in [0.25, 0.3) is 0 Å². The number of unbranched alkanes of at least 4 members (excludes halogenated alkanes) is 7. The van der Waals surface area contributed by atoms with Crippen LogP contribution in [0.1, 0.15) is 64.0 Å². The molecule has 1 heterocycles. The highest BCUT2D eigenvalue weighted by Crippen LogP contribution is 2.10. The molecule has 0 atom stereocenters. The van der Waals surface area contributed by atoms with Crippen LogP contribution in [-0.4, -0.2) is 24.8 Å². The molecule has 0 aliphatic heterocycles. The number of ether oxygens (including phenoxy) is 1. The molecule has 0 saturated carbocycles. The molecular weight excluding hydrogens is 260 g/mol. The van der Waals surface area contributed by atoms with E-state index in [0.29, 0.717) is 0 Å². The third-order valence-electron chi connectivity index (χ3n) is 3.97. The SMILES string of the molecule is CCCCCCCCCCn1cccc1CNCCOC. The summed E-state index contributed by atoms with van der Waals surface area (Å²) in [5.74, 6) is 0. The second kappa shape index (κ2) is 12.9. The summed E-state index contributed by atoms with van der Waals surface area (Å²) in [6.07, 6.45) is 13.3. The standard InChI is InChI=1S/C18H34N2O/c1-3-4-5-6-7-8-9-10-14-20-15-11-12-18(20)17-19-13-16-21-2/h11-12,15,19H,3-10,13-14,16-17H2,1-2H3. The molecule has 0 unspecified atom stereocenters. The molecular formula is C18H34N2O. The minimum absolute atomic E-state index is 0.777. The maximum Gasteiger partial charge on any atom is 0.0587 e. The first-order valence-corrected chi connectivity index (χ1v) is 8.72. The third-order valence-corrected chi connectivity index (χ3v) is 3.97. The van der Waals surface area contributed by atoms with Gasteiger partial charge in [-0.05, 0) is 18.6 Å². The van der Waals surface area contributed by atoms with Gasteiger partial charge in [0.15, 0.2) is 0 Å². The van der Waals surface area contributed by atoms with Gasteiger partial charge in [-0.15, -0.1) is 0 Å². The van der Waals surface area contributed by atoms with E-state index in [1.165, 1.54) is 57.1 Å². The van der Waals surface area contributed by atoms with Crippen LogP contribution in [0.5, 0.6) is 0 Å². The summed E-state index contributed by atoms with van der Waals surface area (Å²) in [7, 11) is 1.74. The third kappa shape index (κ3) is 8.94. The van der Waals surface area contributed by atoms with E-state index in [9.17, 15) is 0 Å². The van der Waals surface area contributed by atoms with E-state index in [0.717, 1.165) is 26.2 Å². The van der Waals surface area contributed by atoms with Crippen molar-refractivity contribution >= 4 is 0 Å². The fourth-order valence-electron chi connectivity index (χ4n) is 2.63. The summed E-state index contributed by atoms with van der Waals surface area (Å²) in [4.78, 5) is 0. The van der Waals surface area contributed by atoms with Crippen molar-refractivity contribution in [3.05, 3.63) is 24.0 Å². The van der Waals surface area contributed by atoms with E-state index < -0.39 is 0 Å². The fourth-order valence-corrected chi connectivity index (χ4v) is 2.63. The Morgan fingerprint density at radius 2 is 1.76 bits per heavy atom. The summed E-state index contributed by atoms with van der Waals surface area (Å²) >= 11 is 0. The van der Waals surface area contributed by atoms with Gasteiger partial charge in [0, 0.05) is 38.6 Å². The van der Waals surface area contributed by atoms with Crippen molar-refractivity contribution in [3.63, 3.8) is 0 Å². The molecule has 3 heteroatoms. The normalized spacial score (nSPS) is 11.1. The highest BCUT2D eigenvalue weighted by atomic mass is 16.5. The molecule has 0 fully saturated rings. The molecule has 0 aliphatic carbocycles. The summed E-state index contributed by atoms with van der Waals surface area (Å²) < 4.78 is 7.43. The van der Waals surface area contributed by atoms with Gasteiger partial charge in [-0.2, -0.15) is 0 Å². The van der Waals surface area contributed by atoms with Gasteiger partial charge in [-0.3, -0.25) is 0 Å². The van der Waals surface area contributed by atoms with E-state index in [1.54, 1.807) is 7.11 Å². The lowest BCUT2D eigenvalue weighted by atomic mass is 10.1. The minimum atomic E-state index is 0.777. The average Bonchev–Trinajstić information content (AvgIpc) is 2.94. The number of hydrogen-bond acceptors (Lipinski definition) is 2. The summed E-state index contributed by atoms with van der Waals surface area (Å²) in [5, 5.41) is 3.41. The smallest absolute Gasteiger partial charge is 0.0587 e. The molecule has 0 saturated heterocycles. The van der Waals surface area contributed by atoms with Gasteiger partial charge in [-0.25, -0.2) is 0 Å². The van der Waals surface area contributed by atoms with Crippen LogP contribution in [0.4, 0.5) is 0 Å². The Balaban J connectivity index is 2.05. The number of methoxy groups -OCH3 is 1. The summed E-state index contributed by atoms with van der Waals surface area (Å²) in [5.41, 5.74) is 1.38. The van der Waals surface area contributed by atoms with E-state index in [2.05, 4.69) is 35.1 Å². The van der Waals surface area contributed by atoms with Gasteiger partial charge in [0.1, 0.15) is 0 Å². The zero-order chi connectivity index (χ0) is 15.2. The quantitative estimate of drug-likeness (QED) is 0.516. The Morgan fingerprint density at radius 1 is 1.05 bits per heavy atom. The Morgan fingerprint density at radius 3 is 2.48 bits per heavy atom. The molecule has 1 N–H and O–H groups in total. The number of aromatic nitrogens is 1. The van der Waals surface area contributed by atoms with Crippen LogP contribution in [0, 0.1) is 0 Å². The Labute approximate surface area is 131 Å². The van der Waals surface area contributed by atoms with Crippen molar-refractivity contribution in [2.45, 2.75) is 71.4 Å². The van der Waals surface area contributed by atoms with Crippen LogP contribution in [0.3, 0.4) is 0 Å². The number of nitrogens with zero attached hydrogens (tertiary/aromatic N) is 1. The molecule has 21 heavy (non-hydrogen) atoms. The lowest BCUT2D eigenvalue weighted by molar-refractivity contribution is 0.199. The number of hydrogen-bond donors (Lipinski definition) is 1. The number of nitrogens with one attached hydrogen (secondary N) is 1. The van der Waals surface area contributed by atoms with Gasteiger partial charge in [0.05, 0.1) is 6.61 Å². The van der Waals surface area contributed by atoms with Crippen LogP contribution in [0.2, 0.25) is 0 Å². The van der Waals surface area contributed by atoms with Crippen LogP contribution in [0.25, 0.3) is 0 Å². The average molecular weight is 294 g/mol. The predicted octanol–water partition coefficient (Wildman–Crippen LogP) is 4.36. The Bertz CT molecular complexity index is 336. The first-order valence-electron chi connectivity index (χ1n) is 8.72. The Kier molecular flexibility index (Phi) is 11.2. The van der Waals surface area contributed by atoms with Crippen LogP contribution >= 0.6 is 0 Å². The van der Waals surface area contributed by atoms with Gasteiger partial charge in [-0.1, -0.05) is 51.9 Å². The first kappa shape index (κ1) is 18.2. The molecule has 0 aliphatic rings. The highest BCUT2D eigenvalue weighted by Gasteiger charge is 2.00. The first-order chi connectivity index (χ1) is 10.4. The topological polar surface area (TPSA) is 26.2 Å². The molecule has 0 radical (unpaired) electrons. The maximum atomic E-state index is 5.05. The molecule has 122 valence electrons. The number of aryl methyl sites for hydroxylation is 1. The molecule has 0 aromatic carbocycles. The number of rotatable bonds is 14. The largest absolute Gasteiger partial charge is 0.383 e. The highest BCUT2D eigenvalue weighted by molar-refractivity contribution is 5.06. The van der Waals surface area contributed by atoms with Crippen molar-refractivity contribution in [2.24, 2.45) is 0 Å². The molecule has 0 amide bonds. The van der Waals surface area contributed by atoms with Crippen molar-refractivity contribution in [1.29, 1.82) is 0 Å². The molecule has 1 rings (SSSR count). The molecule has 0 spiro atoms. The second-order valence-corrected chi connectivity index (χ2v) is 5.84. The zero-order valence-electron chi connectivity index (χ0n) is 14.1. The molecule has 0 bridgehead atoms. The van der Waals surface area contributed by atoms with E-state index in [4.69, 9.17) is 4.74 Å². The second-order valence-electron chi connectivity index (χ2n) is 5.84. The van der Waals surface area contributed by atoms with Gasteiger partial charge >= 0.3 is 0 Å². The lowest BCUT2D eigenvalue weighted by Gasteiger charge is -2.10. The summed E-state index contributed by atoms with van der Waals surface area (Å²) in [6.45, 7) is 6.06. The summed E-state index contributed by atoms with van der Waals surface area (Å²) in [6, 6.07) is 4.36. The van der Waals surface area contributed by atoms with E-state index in [-0.39, 0.29) is 0 Å². The van der Waals surface area contributed by atoms with Crippen molar-refractivity contribution in [1.82, 2.24) is 9.88 Å². The fraction of sp³-hybridized carbons (Fsp3) is 0.778. The zero-order valence-corrected chi connectivity index (χ0v) is 14.1. The predicted molar refractivity (Wildman–Crippen MR) is 90.6 cm³/mol. The van der Waals surface area contributed by atoms with Gasteiger partial charge < -0.3 is 14.6 Å². The monoisotopic (exact) mass is 294 g/mol. The molecule has 3 nitrogen and oxygen atoms in total. The van der Waals surface area contributed by atoms with Crippen LogP contribution in [-0.2, 0) is 17.8 Å². The maximum absolute atomic E-state index is 5.05. The van der Waals surface area contributed by atoms with Gasteiger partial charge in [0.2, 0.25) is 0 Å². The minimum Gasteiger partial charge on any atom is -0.383 e. The molecule has 1 aromatic heterocycles. The van der Waals surface area contributed by atoms with Crippen molar-refractivity contribution in [3.8, 4) is 0 Å². The lowest BCUT2D eigenvalue weighted by Crippen LogP contribution is -2.20. The molecule has 1 aromatic rings. The Hall–Kier alpha value is -0.800. The van der Waals surface area contributed by atoms with E-state index in [1.807, 2.05) is 0 Å². The van der Waals surface area contributed by atoms with Crippen molar-refractivity contribution in [2.75, 3.05) is 20.3 Å². The van der Waals surface area contributed by atoms with Crippen LogP contribution < -0.4 is 5.32 Å². The van der Waals surface area contributed by atoms with Crippen LogP contribution in [0.15, 0.2) is 18.3 Å². The van der Waals surface area contributed by atoms with Crippen molar-refractivity contribution < 1.29 is 4.74 Å².